The maximum atomic E-state index is 5.23. The molecule has 0 aliphatic carbocycles. The highest BCUT2D eigenvalue weighted by Crippen LogP contribution is 2.29. The number of ether oxygens (including phenoxy) is 1. The molecule has 2 rings (SSSR count). The van der Waals surface area contributed by atoms with Crippen molar-refractivity contribution in [2.75, 3.05) is 25.5 Å². The smallest absolute Gasteiger partial charge is 0.0554 e. The van der Waals surface area contributed by atoms with Gasteiger partial charge in [-0.05, 0) is 6.42 Å². The van der Waals surface area contributed by atoms with Crippen LogP contribution in [0.3, 0.4) is 0 Å². The van der Waals surface area contributed by atoms with Gasteiger partial charge in [-0.25, -0.2) is 0 Å². The van der Waals surface area contributed by atoms with Crippen molar-refractivity contribution < 1.29 is 4.74 Å². The Morgan fingerprint density at radius 3 is 2.77 bits per heavy atom. The summed E-state index contributed by atoms with van der Waals surface area (Å²) in [6, 6.07) is 0.748. The van der Waals surface area contributed by atoms with Gasteiger partial charge in [0.1, 0.15) is 0 Å². The molecule has 2 atom stereocenters. The summed E-state index contributed by atoms with van der Waals surface area (Å²) in [6.45, 7) is 7.63. The number of hydrogen-bond acceptors (Lipinski definition) is 3. The Balaban J connectivity index is 1.67. The topological polar surface area (TPSA) is 21.3 Å². The third-order valence-corrected chi connectivity index (χ3v) is 4.27. The lowest BCUT2D eigenvalue weighted by molar-refractivity contribution is -0.0998. The van der Waals surface area contributed by atoms with Crippen LogP contribution in [0.5, 0.6) is 0 Å². The zero-order valence-electron chi connectivity index (χ0n) is 8.51. The number of hydrogen-bond donors (Lipinski definition) is 1. The molecule has 13 heavy (non-hydrogen) atoms. The number of thioether (sulfide) groups is 1. The van der Waals surface area contributed by atoms with Crippen LogP contribution in [0.2, 0.25) is 0 Å². The quantitative estimate of drug-likeness (QED) is 0.748. The third kappa shape index (κ3) is 2.39. The van der Waals surface area contributed by atoms with Crippen LogP contribution in [0.1, 0.15) is 20.3 Å². The Labute approximate surface area is 84.8 Å². The molecule has 2 unspecified atom stereocenters. The minimum atomic E-state index is 0.427. The first-order valence-electron chi connectivity index (χ1n) is 5.11. The first-order valence-corrected chi connectivity index (χ1v) is 6.16. The van der Waals surface area contributed by atoms with E-state index < -0.39 is 0 Å². The molecule has 0 saturated carbocycles. The van der Waals surface area contributed by atoms with Crippen molar-refractivity contribution in [1.29, 1.82) is 0 Å². The molecule has 0 aromatic carbocycles. The highest BCUT2D eigenvalue weighted by molar-refractivity contribution is 8.00. The summed E-state index contributed by atoms with van der Waals surface area (Å²) < 4.78 is 5.23. The van der Waals surface area contributed by atoms with Crippen LogP contribution in [0.25, 0.3) is 0 Å². The summed E-state index contributed by atoms with van der Waals surface area (Å²) in [5.41, 5.74) is 0.427. The van der Waals surface area contributed by atoms with Crippen molar-refractivity contribution in [3.05, 3.63) is 0 Å². The molecule has 2 nitrogen and oxygen atoms in total. The largest absolute Gasteiger partial charge is 0.380 e. The molecular formula is C10H19NOS. The van der Waals surface area contributed by atoms with Crippen LogP contribution in [-0.2, 0) is 4.74 Å². The zero-order valence-corrected chi connectivity index (χ0v) is 9.32. The van der Waals surface area contributed by atoms with Crippen LogP contribution in [0.4, 0.5) is 0 Å². The van der Waals surface area contributed by atoms with Crippen molar-refractivity contribution in [1.82, 2.24) is 5.32 Å². The van der Waals surface area contributed by atoms with Gasteiger partial charge in [0, 0.05) is 29.0 Å². The van der Waals surface area contributed by atoms with Gasteiger partial charge in [-0.1, -0.05) is 13.8 Å². The second-order valence-electron chi connectivity index (χ2n) is 4.76. The van der Waals surface area contributed by atoms with E-state index in [0.29, 0.717) is 5.41 Å². The predicted octanol–water partition coefficient (Wildman–Crippen LogP) is 1.51. The fourth-order valence-electron chi connectivity index (χ4n) is 1.90. The van der Waals surface area contributed by atoms with Crippen LogP contribution in [-0.4, -0.2) is 36.8 Å². The summed E-state index contributed by atoms with van der Waals surface area (Å²) in [7, 11) is 0. The van der Waals surface area contributed by atoms with Crippen LogP contribution >= 0.6 is 11.8 Å². The van der Waals surface area contributed by atoms with Crippen molar-refractivity contribution >= 4 is 11.8 Å². The van der Waals surface area contributed by atoms with Crippen molar-refractivity contribution in [3.8, 4) is 0 Å². The molecule has 2 saturated heterocycles. The molecule has 2 fully saturated rings. The highest BCUT2D eigenvalue weighted by atomic mass is 32.2. The van der Waals surface area contributed by atoms with Gasteiger partial charge in [0.05, 0.1) is 13.2 Å². The fourth-order valence-corrected chi connectivity index (χ4v) is 3.09. The summed E-state index contributed by atoms with van der Waals surface area (Å²) >= 11 is 2.09. The van der Waals surface area contributed by atoms with Crippen LogP contribution < -0.4 is 5.32 Å². The molecule has 0 radical (unpaired) electrons. The van der Waals surface area contributed by atoms with Gasteiger partial charge in [-0.15, -0.1) is 0 Å². The Morgan fingerprint density at radius 1 is 1.54 bits per heavy atom. The Kier molecular flexibility index (Phi) is 2.86. The molecule has 0 aromatic heterocycles. The first-order chi connectivity index (χ1) is 6.18. The Bertz CT molecular complexity index is 182. The molecule has 76 valence electrons. The minimum absolute atomic E-state index is 0.427. The van der Waals surface area contributed by atoms with E-state index in [4.69, 9.17) is 4.74 Å². The fraction of sp³-hybridized carbons (Fsp3) is 1.00. The monoisotopic (exact) mass is 201 g/mol. The summed E-state index contributed by atoms with van der Waals surface area (Å²) in [5.74, 6) is 1.29. The van der Waals surface area contributed by atoms with Gasteiger partial charge in [0.15, 0.2) is 0 Å². The van der Waals surface area contributed by atoms with Crippen LogP contribution in [0.15, 0.2) is 0 Å². The Hall–Kier alpha value is 0.270. The number of rotatable bonds is 3. The molecule has 2 aliphatic heterocycles. The van der Waals surface area contributed by atoms with E-state index in [-0.39, 0.29) is 0 Å². The van der Waals surface area contributed by atoms with E-state index in [1.165, 1.54) is 12.2 Å². The minimum Gasteiger partial charge on any atom is -0.380 e. The van der Waals surface area contributed by atoms with E-state index >= 15 is 0 Å². The molecule has 0 spiro atoms. The van der Waals surface area contributed by atoms with Crippen LogP contribution in [0, 0.1) is 5.41 Å². The maximum absolute atomic E-state index is 5.23. The van der Waals surface area contributed by atoms with Crippen molar-refractivity contribution in [2.45, 2.75) is 31.6 Å². The van der Waals surface area contributed by atoms with Gasteiger partial charge in [0.25, 0.3) is 0 Å². The van der Waals surface area contributed by atoms with E-state index in [2.05, 4.69) is 30.9 Å². The second-order valence-corrected chi connectivity index (χ2v) is 6.23. The average Bonchev–Trinajstić information content (AvgIpc) is 2.44. The lowest BCUT2D eigenvalue weighted by Gasteiger charge is -2.39. The standard InChI is InChI=1S/C10H19NOS/c1-8-3-9(4-13-8)11-5-10(2)6-12-7-10/h8-9,11H,3-7H2,1-2H3. The predicted molar refractivity (Wildman–Crippen MR) is 57.3 cm³/mol. The maximum Gasteiger partial charge on any atom is 0.0554 e. The summed E-state index contributed by atoms with van der Waals surface area (Å²) in [4.78, 5) is 0. The number of nitrogens with one attached hydrogen (secondary N) is 1. The van der Waals surface area contributed by atoms with Crippen molar-refractivity contribution in [2.24, 2.45) is 5.41 Å². The molecular weight excluding hydrogens is 182 g/mol. The highest BCUT2D eigenvalue weighted by Gasteiger charge is 2.34. The molecule has 0 bridgehead atoms. The normalized spacial score (nSPS) is 37.4. The lowest BCUT2D eigenvalue weighted by Crippen LogP contribution is -2.49. The van der Waals surface area contributed by atoms with E-state index in [1.54, 1.807) is 0 Å². The van der Waals surface area contributed by atoms with E-state index in [9.17, 15) is 0 Å². The van der Waals surface area contributed by atoms with E-state index in [0.717, 1.165) is 31.1 Å². The first kappa shape index (κ1) is 9.81. The zero-order chi connectivity index (χ0) is 9.31. The molecule has 2 aliphatic rings. The van der Waals surface area contributed by atoms with Gasteiger partial charge in [-0.3, -0.25) is 0 Å². The molecule has 1 N–H and O–H groups in total. The summed E-state index contributed by atoms with van der Waals surface area (Å²) in [5, 5.41) is 4.50. The average molecular weight is 201 g/mol. The van der Waals surface area contributed by atoms with Gasteiger partial charge in [0.2, 0.25) is 0 Å². The molecule has 2 heterocycles. The summed E-state index contributed by atoms with van der Waals surface area (Å²) in [6.07, 6.45) is 1.33. The van der Waals surface area contributed by atoms with Gasteiger partial charge < -0.3 is 10.1 Å². The Morgan fingerprint density at radius 2 is 2.31 bits per heavy atom. The SMILES string of the molecule is CC1CC(NCC2(C)COC2)CS1. The van der Waals surface area contributed by atoms with Crippen molar-refractivity contribution in [3.63, 3.8) is 0 Å². The van der Waals surface area contributed by atoms with Gasteiger partial charge >= 0.3 is 0 Å². The second kappa shape index (κ2) is 3.79. The van der Waals surface area contributed by atoms with Gasteiger partial charge in [-0.2, -0.15) is 11.8 Å². The molecule has 3 heteroatoms. The molecule has 0 amide bonds. The third-order valence-electron chi connectivity index (χ3n) is 2.92. The molecule has 0 aromatic rings. The lowest BCUT2D eigenvalue weighted by atomic mass is 9.88. The van der Waals surface area contributed by atoms with E-state index in [1.807, 2.05) is 0 Å².